The first-order chi connectivity index (χ1) is 7.75. The minimum atomic E-state index is -4.38. The Morgan fingerprint density at radius 2 is 1.59 bits per heavy atom. The molecule has 0 aliphatic carbocycles. The van der Waals surface area contributed by atoms with Crippen LogP contribution in [0.1, 0.15) is 37.8 Å². The summed E-state index contributed by atoms with van der Waals surface area (Å²) in [5, 5.41) is 9.66. The summed E-state index contributed by atoms with van der Waals surface area (Å²) < 4.78 is 38.6. The van der Waals surface area contributed by atoms with E-state index in [1.54, 1.807) is 6.07 Å². The van der Waals surface area contributed by atoms with Gasteiger partial charge in [0.05, 0.1) is 11.7 Å². The lowest BCUT2D eigenvalue weighted by Gasteiger charge is -2.27. The van der Waals surface area contributed by atoms with Crippen LogP contribution in [0.3, 0.4) is 0 Å². The Morgan fingerprint density at radius 3 is 2.00 bits per heavy atom. The molecular weight excluding hydrogens is 229 g/mol. The molecule has 0 radical (unpaired) electrons. The van der Waals surface area contributed by atoms with Crippen LogP contribution < -0.4 is 0 Å². The van der Waals surface area contributed by atoms with Crippen molar-refractivity contribution >= 4 is 0 Å². The van der Waals surface area contributed by atoms with Gasteiger partial charge in [0.15, 0.2) is 0 Å². The molecule has 96 valence electrons. The van der Waals surface area contributed by atoms with Crippen LogP contribution in [-0.2, 0) is 6.18 Å². The highest BCUT2D eigenvalue weighted by Crippen LogP contribution is 2.38. The third-order valence-corrected chi connectivity index (χ3v) is 2.86. The lowest BCUT2D eigenvalue weighted by Crippen LogP contribution is -2.23. The zero-order valence-electron chi connectivity index (χ0n) is 10.1. The molecule has 1 nitrogen and oxygen atoms in total. The van der Waals surface area contributed by atoms with Gasteiger partial charge in [-0.1, -0.05) is 32.0 Å². The van der Waals surface area contributed by atoms with Crippen molar-refractivity contribution in [3.05, 3.63) is 35.4 Å². The number of benzene rings is 1. The summed E-state index contributed by atoms with van der Waals surface area (Å²) in [4.78, 5) is 0. The molecule has 0 aromatic heterocycles. The van der Waals surface area contributed by atoms with Gasteiger partial charge in [-0.3, -0.25) is 0 Å². The molecule has 1 aromatic rings. The summed E-state index contributed by atoms with van der Waals surface area (Å²) in [7, 11) is 0. The summed E-state index contributed by atoms with van der Waals surface area (Å²) >= 11 is 0. The predicted molar refractivity (Wildman–Crippen MR) is 60.7 cm³/mol. The average Bonchev–Trinajstić information content (AvgIpc) is 2.15. The largest absolute Gasteiger partial charge is 0.416 e. The van der Waals surface area contributed by atoms with Gasteiger partial charge in [-0.25, -0.2) is 0 Å². The van der Waals surface area contributed by atoms with Crippen LogP contribution in [0.15, 0.2) is 24.3 Å². The number of hydrogen-bond donors (Lipinski definition) is 1. The first-order valence-corrected chi connectivity index (χ1v) is 5.59. The van der Waals surface area contributed by atoms with E-state index < -0.39 is 23.8 Å². The number of alkyl halides is 3. The van der Waals surface area contributed by atoms with Crippen LogP contribution in [0.2, 0.25) is 0 Å². The van der Waals surface area contributed by atoms with Crippen molar-refractivity contribution in [3.63, 3.8) is 0 Å². The Kier molecular flexibility index (Phi) is 4.20. The predicted octanol–water partition coefficient (Wildman–Crippen LogP) is 3.83. The van der Waals surface area contributed by atoms with Gasteiger partial charge < -0.3 is 5.11 Å². The standard InChI is InChI=1S/C13H17F3O/c1-8(2)12(9(3)17)10-6-4-5-7-11(10)13(14,15)16/h4-9,12,17H,1-3H3. The van der Waals surface area contributed by atoms with E-state index in [4.69, 9.17) is 0 Å². The highest BCUT2D eigenvalue weighted by atomic mass is 19.4. The van der Waals surface area contributed by atoms with E-state index in [0.717, 1.165) is 6.07 Å². The Labute approximate surface area is 99.3 Å². The van der Waals surface area contributed by atoms with Crippen LogP contribution in [0.5, 0.6) is 0 Å². The van der Waals surface area contributed by atoms with Gasteiger partial charge in [0.2, 0.25) is 0 Å². The van der Waals surface area contributed by atoms with E-state index in [1.807, 2.05) is 13.8 Å². The highest BCUT2D eigenvalue weighted by molar-refractivity contribution is 5.33. The van der Waals surface area contributed by atoms with Crippen LogP contribution in [0.4, 0.5) is 13.2 Å². The van der Waals surface area contributed by atoms with E-state index in [1.165, 1.54) is 19.1 Å². The average molecular weight is 246 g/mol. The zero-order chi connectivity index (χ0) is 13.2. The highest BCUT2D eigenvalue weighted by Gasteiger charge is 2.36. The van der Waals surface area contributed by atoms with Gasteiger partial charge in [-0.05, 0) is 24.5 Å². The van der Waals surface area contributed by atoms with Crippen molar-refractivity contribution in [1.82, 2.24) is 0 Å². The molecule has 0 saturated carbocycles. The lowest BCUT2D eigenvalue weighted by atomic mass is 9.82. The molecule has 1 N–H and O–H groups in total. The van der Waals surface area contributed by atoms with Crippen molar-refractivity contribution in [1.29, 1.82) is 0 Å². The maximum absolute atomic E-state index is 12.9. The van der Waals surface area contributed by atoms with Gasteiger partial charge in [0.1, 0.15) is 0 Å². The number of hydrogen-bond acceptors (Lipinski definition) is 1. The van der Waals surface area contributed by atoms with Crippen LogP contribution >= 0.6 is 0 Å². The summed E-state index contributed by atoms with van der Waals surface area (Å²) in [6, 6.07) is 5.45. The van der Waals surface area contributed by atoms with Crippen molar-refractivity contribution in [3.8, 4) is 0 Å². The fourth-order valence-corrected chi connectivity index (χ4v) is 2.22. The van der Waals surface area contributed by atoms with Crippen molar-refractivity contribution in [2.75, 3.05) is 0 Å². The van der Waals surface area contributed by atoms with Crippen LogP contribution in [-0.4, -0.2) is 11.2 Å². The lowest BCUT2D eigenvalue weighted by molar-refractivity contribution is -0.138. The van der Waals surface area contributed by atoms with Crippen molar-refractivity contribution in [2.45, 2.75) is 39.0 Å². The first kappa shape index (κ1) is 14.0. The molecule has 2 atom stereocenters. The van der Waals surface area contributed by atoms with Gasteiger partial charge in [-0.15, -0.1) is 0 Å². The molecule has 4 heteroatoms. The molecule has 0 spiro atoms. The summed E-state index contributed by atoms with van der Waals surface area (Å²) in [5.41, 5.74) is -0.482. The zero-order valence-corrected chi connectivity index (χ0v) is 10.1. The third kappa shape index (κ3) is 3.22. The first-order valence-electron chi connectivity index (χ1n) is 5.59. The second-order valence-corrected chi connectivity index (χ2v) is 4.60. The fourth-order valence-electron chi connectivity index (χ4n) is 2.22. The van der Waals surface area contributed by atoms with Crippen LogP contribution in [0.25, 0.3) is 0 Å². The Hall–Kier alpha value is -1.03. The number of halogens is 3. The molecule has 0 saturated heterocycles. The SMILES string of the molecule is CC(C)C(c1ccccc1C(F)(F)F)C(C)O. The topological polar surface area (TPSA) is 20.2 Å². The molecule has 1 rings (SSSR count). The van der Waals surface area contributed by atoms with Crippen molar-refractivity contribution in [2.24, 2.45) is 5.92 Å². The quantitative estimate of drug-likeness (QED) is 0.859. The fraction of sp³-hybridized carbons (Fsp3) is 0.538. The van der Waals surface area contributed by atoms with E-state index in [9.17, 15) is 18.3 Å². The van der Waals surface area contributed by atoms with E-state index in [0.29, 0.717) is 0 Å². The Morgan fingerprint density at radius 1 is 1.06 bits per heavy atom. The molecule has 0 fully saturated rings. The summed E-state index contributed by atoms with van der Waals surface area (Å²) in [6.45, 7) is 5.15. The Balaban J connectivity index is 3.29. The monoisotopic (exact) mass is 246 g/mol. The molecule has 0 heterocycles. The molecule has 0 aliphatic rings. The second kappa shape index (κ2) is 5.08. The summed E-state index contributed by atoms with van der Waals surface area (Å²) in [6.07, 6.45) is -5.18. The van der Waals surface area contributed by atoms with E-state index in [2.05, 4.69) is 0 Å². The molecule has 1 aromatic carbocycles. The molecule has 0 bridgehead atoms. The van der Waals surface area contributed by atoms with Gasteiger partial charge in [0.25, 0.3) is 0 Å². The number of aliphatic hydroxyl groups excluding tert-OH is 1. The van der Waals surface area contributed by atoms with E-state index >= 15 is 0 Å². The molecule has 2 unspecified atom stereocenters. The smallest absolute Gasteiger partial charge is 0.393 e. The number of rotatable bonds is 3. The minimum absolute atomic E-state index is 0.0569. The van der Waals surface area contributed by atoms with Gasteiger partial charge in [-0.2, -0.15) is 13.2 Å². The molecular formula is C13H17F3O. The van der Waals surface area contributed by atoms with E-state index in [-0.39, 0.29) is 11.5 Å². The maximum atomic E-state index is 12.9. The van der Waals surface area contributed by atoms with Crippen LogP contribution in [0, 0.1) is 5.92 Å². The van der Waals surface area contributed by atoms with Crippen molar-refractivity contribution < 1.29 is 18.3 Å². The molecule has 17 heavy (non-hydrogen) atoms. The van der Waals surface area contributed by atoms with Gasteiger partial charge >= 0.3 is 6.18 Å². The third-order valence-electron chi connectivity index (χ3n) is 2.86. The second-order valence-electron chi connectivity index (χ2n) is 4.60. The minimum Gasteiger partial charge on any atom is -0.393 e. The maximum Gasteiger partial charge on any atom is 0.416 e. The molecule has 0 aliphatic heterocycles. The van der Waals surface area contributed by atoms with Gasteiger partial charge in [0, 0.05) is 5.92 Å². The normalized spacial score (nSPS) is 16.0. The Bertz CT molecular complexity index is 361. The number of aliphatic hydroxyl groups is 1. The summed E-state index contributed by atoms with van der Waals surface area (Å²) in [5.74, 6) is -0.564. The molecule has 0 amide bonds.